The maximum Gasteiger partial charge on any atom is 0.260 e. The van der Waals surface area contributed by atoms with Gasteiger partial charge in [0.2, 0.25) is 0 Å². The average molecular weight is 496 g/mol. The Balaban J connectivity index is 1.64. The van der Waals surface area contributed by atoms with Crippen molar-refractivity contribution in [2.45, 2.75) is 0 Å². The minimum Gasteiger partial charge on any atom is -0.338 e. The molecule has 5 aromatic rings. The number of rotatable bonds is 4. The lowest BCUT2D eigenvalue weighted by Gasteiger charge is -2.12. The van der Waals surface area contributed by atoms with Crippen molar-refractivity contribution in [3.8, 4) is 11.1 Å². The Morgan fingerprint density at radius 3 is 2.35 bits per heavy atom. The average Bonchev–Trinajstić information content (AvgIpc) is 3.19. The smallest absolute Gasteiger partial charge is 0.260 e. The van der Waals surface area contributed by atoms with E-state index in [4.69, 9.17) is 23.2 Å². The fourth-order valence-electron chi connectivity index (χ4n) is 3.76. The third kappa shape index (κ3) is 4.00. The molecular formula is C25H13Cl2F2N3O2. The zero-order valence-corrected chi connectivity index (χ0v) is 18.6. The summed E-state index contributed by atoms with van der Waals surface area (Å²) in [7, 11) is 0. The van der Waals surface area contributed by atoms with Gasteiger partial charge in [0, 0.05) is 38.6 Å². The van der Waals surface area contributed by atoms with Crippen molar-refractivity contribution in [1.29, 1.82) is 0 Å². The lowest BCUT2D eigenvalue weighted by Crippen LogP contribution is -2.18. The molecule has 0 fully saturated rings. The predicted molar refractivity (Wildman–Crippen MR) is 129 cm³/mol. The van der Waals surface area contributed by atoms with Crippen LogP contribution in [0.4, 0.5) is 8.78 Å². The summed E-state index contributed by atoms with van der Waals surface area (Å²) in [5.41, 5.74) is 1.32. The molecule has 2 aromatic heterocycles. The highest BCUT2D eigenvalue weighted by Gasteiger charge is 2.20. The SMILES string of the molecule is O=C(/C=C/c1nc2cc(F)c(F)cc2[nH]1)c1c(-c2ccc(Cl)cc2)c2cc(Cl)ccc2[nH]c1=O. The lowest BCUT2D eigenvalue weighted by atomic mass is 9.94. The maximum atomic E-state index is 13.5. The topological polar surface area (TPSA) is 78.6 Å². The van der Waals surface area contributed by atoms with Crippen LogP contribution in [-0.4, -0.2) is 20.7 Å². The Hall–Kier alpha value is -3.81. The van der Waals surface area contributed by atoms with E-state index in [9.17, 15) is 18.4 Å². The zero-order chi connectivity index (χ0) is 24.0. The molecule has 34 heavy (non-hydrogen) atoms. The highest BCUT2D eigenvalue weighted by Crippen LogP contribution is 2.32. The van der Waals surface area contributed by atoms with Gasteiger partial charge in [0.1, 0.15) is 5.82 Å². The number of carbonyl (C=O) groups is 1. The van der Waals surface area contributed by atoms with E-state index in [0.29, 0.717) is 32.1 Å². The summed E-state index contributed by atoms with van der Waals surface area (Å²) >= 11 is 12.2. The second-order valence-electron chi connectivity index (χ2n) is 7.50. The summed E-state index contributed by atoms with van der Waals surface area (Å²) < 4.78 is 26.9. The fraction of sp³-hybridized carbons (Fsp3) is 0. The number of imidazole rings is 1. The molecule has 2 heterocycles. The molecule has 0 unspecified atom stereocenters. The standard InChI is InChI=1S/C25H13Cl2F2N3O2/c26-13-3-1-12(2-4-13)23-15-9-14(27)5-6-18(15)32-25(34)24(23)21(33)7-8-22-30-19-10-16(28)17(29)11-20(19)31-22/h1-11H,(H,30,31)(H,32,34)/b8-7+. The first-order valence-corrected chi connectivity index (χ1v) is 10.7. The molecule has 0 aliphatic rings. The number of allylic oxidation sites excluding steroid dienone is 1. The van der Waals surface area contributed by atoms with Crippen LogP contribution in [0.15, 0.2) is 65.5 Å². The second kappa shape index (κ2) is 8.52. The third-order valence-corrected chi connectivity index (χ3v) is 5.78. The molecule has 5 rings (SSSR count). The van der Waals surface area contributed by atoms with Crippen LogP contribution in [0.1, 0.15) is 16.2 Å². The highest BCUT2D eigenvalue weighted by atomic mass is 35.5. The van der Waals surface area contributed by atoms with E-state index in [-0.39, 0.29) is 22.4 Å². The minimum absolute atomic E-state index is 0.0958. The normalized spacial score (nSPS) is 11.6. The molecule has 0 amide bonds. The van der Waals surface area contributed by atoms with Crippen LogP contribution in [0.25, 0.3) is 39.1 Å². The molecule has 0 radical (unpaired) electrons. The number of carbonyl (C=O) groups excluding carboxylic acids is 1. The summed E-state index contributed by atoms with van der Waals surface area (Å²) in [5.74, 6) is -2.44. The van der Waals surface area contributed by atoms with Crippen molar-refractivity contribution in [2.75, 3.05) is 0 Å². The van der Waals surface area contributed by atoms with Gasteiger partial charge in [-0.2, -0.15) is 0 Å². The third-order valence-electron chi connectivity index (χ3n) is 5.29. The van der Waals surface area contributed by atoms with Gasteiger partial charge in [0.15, 0.2) is 17.4 Å². The maximum absolute atomic E-state index is 13.5. The number of aromatic amines is 2. The molecule has 0 saturated carbocycles. The van der Waals surface area contributed by atoms with E-state index in [1.807, 2.05) is 0 Å². The Bertz CT molecular complexity index is 1650. The molecule has 0 bridgehead atoms. The summed E-state index contributed by atoms with van der Waals surface area (Å²) in [6.07, 6.45) is 2.51. The van der Waals surface area contributed by atoms with Gasteiger partial charge in [-0.25, -0.2) is 13.8 Å². The van der Waals surface area contributed by atoms with Gasteiger partial charge in [-0.15, -0.1) is 0 Å². The van der Waals surface area contributed by atoms with E-state index < -0.39 is 23.0 Å². The highest BCUT2D eigenvalue weighted by molar-refractivity contribution is 6.32. The summed E-state index contributed by atoms with van der Waals surface area (Å²) in [5, 5.41) is 1.52. The Morgan fingerprint density at radius 1 is 0.882 bits per heavy atom. The molecule has 3 aromatic carbocycles. The number of nitrogens with zero attached hydrogens (tertiary/aromatic N) is 1. The quantitative estimate of drug-likeness (QED) is 0.219. The zero-order valence-electron chi connectivity index (χ0n) is 17.1. The fourth-order valence-corrected chi connectivity index (χ4v) is 4.06. The second-order valence-corrected chi connectivity index (χ2v) is 8.38. The van der Waals surface area contributed by atoms with Crippen molar-refractivity contribution in [3.05, 3.63) is 104 Å². The monoisotopic (exact) mass is 495 g/mol. The van der Waals surface area contributed by atoms with Crippen LogP contribution in [0.3, 0.4) is 0 Å². The van der Waals surface area contributed by atoms with Gasteiger partial charge in [0.25, 0.3) is 5.56 Å². The number of aromatic nitrogens is 3. The van der Waals surface area contributed by atoms with Crippen molar-refractivity contribution in [1.82, 2.24) is 15.0 Å². The van der Waals surface area contributed by atoms with Crippen LogP contribution in [0.2, 0.25) is 10.0 Å². The van der Waals surface area contributed by atoms with Crippen molar-refractivity contribution >= 4 is 57.0 Å². The van der Waals surface area contributed by atoms with Crippen LogP contribution in [0.5, 0.6) is 0 Å². The number of halogens is 4. The summed E-state index contributed by atoms with van der Waals surface area (Å²) in [4.78, 5) is 35.8. The Morgan fingerprint density at radius 2 is 1.59 bits per heavy atom. The van der Waals surface area contributed by atoms with Gasteiger partial charge < -0.3 is 9.97 Å². The van der Waals surface area contributed by atoms with Crippen LogP contribution in [-0.2, 0) is 0 Å². The van der Waals surface area contributed by atoms with E-state index in [2.05, 4.69) is 15.0 Å². The molecule has 0 aliphatic carbocycles. The molecule has 9 heteroatoms. The first-order chi connectivity index (χ1) is 16.3. The van der Waals surface area contributed by atoms with E-state index in [0.717, 1.165) is 12.1 Å². The molecule has 0 atom stereocenters. The molecule has 0 aliphatic heterocycles. The van der Waals surface area contributed by atoms with Crippen molar-refractivity contribution in [2.24, 2.45) is 0 Å². The Labute approximate surface area is 200 Å². The van der Waals surface area contributed by atoms with Crippen molar-refractivity contribution < 1.29 is 13.6 Å². The first kappa shape index (κ1) is 22.0. The number of pyridine rings is 1. The van der Waals surface area contributed by atoms with Crippen LogP contribution in [0, 0.1) is 11.6 Å². The summed E-state index contributed by atoms with van der Waals surface area (Å²) in [6.45, 7) is 0. The number of nitrogens with one attached hydrogen (secondary N) is 2. The van der Waals surface area contributed by atoms with Gasteiger partial charge in [-0.1, -0.05) is 35.3 Å². The van der Waals surface area contributed by atoms with Gasteiger partial charge in [-0.05, 0) is 48.0 Å². The van der Waals surface area contributed by atoms with E-state index in [1.54, 1.807) is 42.5 Å². The molecule has 0 saturated heterocycles. The summed E-state index contributed by atoms with van der Waals surface area (Å²) in [6, 6.07) is 13.6. The van der Waals surface area contributed by atoms with Crippen molar-refractivity contribution in [3.63, 3.8) is 0 Å². The largest absolute Gasteiger partial charge is 0.338 e. The molecule has 2 N–H and O–H groups in total. The number of hydrogen-bond acceptors (Lipinski definition) is 3. The lowest BCUT2D eigenvalue weighted by molar-refractivity contribution is 0.104. The van der Waals surface area contributed by atoms with Crippen LogP contribution < -0.4 is 5.56 Å². The number of ketones is 1. The predicted octanol–water partition coefficient (Wildman–Crippen LogP) is 6.55. The number of fused-ring (bicyclic) bond motifs is 2. The van der Waals surface area contributed by atoms with Gasteiger partial charge in [0.05, 0.1) is 16.6 Å². The number of hydrogen-bond donors (Lipinski definition) is 2. The molecule has 168 valence electrons. The molecule has 0 spiro atoms. The van der Waals surface area contributed by atoms with Crippen LogP contribution >= 0.6 is 23.2 Å². The van der Waals surface area contributed by atoms with E-state index >= 15 is 0 Å². The van der Waals surface area contributed by atoms with Gasteiger partial charge >= 0.3 is 0 Å². The first-order valence-electron chi connectivity index (χ1n) is 9.99. The molecule has 5 nitrogen and oxygen atoms in total. The number of benzene rings is 3. The number of H-pyrrole nitrogens is 2. The minimum atomic E-state index is -1.03. The Kier molecular flexibility index (Phi) is 5.51. The van der Waals surface area contributed by atoms with E-state index in [1.165, 1.54) is 12.2 Å². The molecular weight excluding hydrogens is 483 g/mol. The van der Waals surface area contributed by atoms with Gasteiger partial charge in [-0.3, -0.25) is 9.59 Å².